The number of hydrogen-bond donors (Lipinski definition) is 3. The molecule has 1 aromatic rings. The average molecular weight is 313 g/mol. The van der Waals surface area contributed by atoms with Crippen molar-refractivity contribution in [2.45, 2.75) is 19.3 Å². The fourth-order valence-corrected chi connectivity index (χ4v) is 2.42. The number of nitrogens with one attached hydrogen (secondary N) is 1. The molecule has 1 amide bonds. The number of halogens is 1. The minimum atomic E-state index is -1.49. The SMILES string of the molecule is Cl.O=C(NCCN1CCCCC1)c1ccc(B(O)O)cc1. The number of carbonyl (C=O) groups excluding carboxylic acids is 1. The number of carbonyl (C=O) groups is 1. The van der Waals surface area contributed by atoms with E-state index in [9.17, 15) is 4.79 Å². The molecule has 0 spiro atoms. The van der Waals surface area contributed by atoms with E-state index in [-0.39, 0.29) is 18.3 Å². The summed E-state index contributed by atoms with van der Waals surface area (Å²) in [6.07, 6.45) is 3.81. The van der Waals surface area contributed by atoms with Crippen molar-refractivity contribution in [3.8, 4) is 0 Å². The maximum Gasteiger partial charge on any atom is 0.488 e. The minimum Gasteiger partial charge on any atom is -0.423 e. The zero-order valence-electron chi connectivity index (χ0n) is 12.0. The molecule has 21 heavy (non-hydrogen) atoms. The Morgan fingerprint density at radius 3 is 2.33 bits per heavy atom. The Morgan fingerprint density at radius 1 is 1.14 bits per heavy atom. The van der Waals surface area contributed by atoms with Crippen LogP contribution in [0.1, 0.15) is 29.6 Å². The van der Waals surface area contributed by atoms with Gasteiger partial charge in [-0.15, -0.1) is 12.4 Å². The highest BCUT2D eigenvalue weighted by atomic mass is 35.5. The molecule has 3 N–H and O–H groups in total. The van der Waals surface area contributed by atoms with Crippen LogP contribution in [0.5, 0.6) is 0 Å². The largest absolute Gasteiger partial charge is 0.488 e. The summed E-state index contributed by atoms with van der Waals surface area (Å²) in [6, 6.07) is 6.30. The fourth-order valence-electron chi connectivity index (χ4n) is 2.42. The predicted molar refractivity (Wildman–Crippen MR) is 86.1 cm³/mol. The van der Waals surface area contributed by atoms with Crippen molar-refractivity contribution >= 4 is 30.9 Å². The van der Waals surface area contributed by atoms with Crippen LogP contribution in [-0.2, 0) is 0 Å². The number of benzene rings is 1. The summed E-state index contributed by atoms with van der Waals surface area (Å²) in [7, 11) is -1.49. The molecule has 2 rings (SSSR count). The first-order valence-corrected chi connectivity index (χ1v) is 7.13. The van der Waals surface area contributed by atoms with E-state index in [1.807, 2.05) is 0 Å². The molecule has 1 aromatic carbocycles. The van der Waals surface area contributed by atoms with Crippen molar-refractivity contribution in [3.05, 3.63) is 29.8 Å². The highest BCUT2D eigenvalue weighted by Gasteiger charge is 2.13. The van der Waals surface area contributed by atoms with Gasteiger partial charge in [-0.25, -0.2) is 0 Å². The molecule has 1 fully saturated rings. The van der Waals surface area contributed by atoms with Crippen LogP contribution in [0.2, 0.25) is 0 Å². The van der Waals surface area contributed by atoms with Gasteiger partial charge in [0, 0.05) is 18.7 Å². The molecule has 116 valence electrons. The van der Waals surface area contributed by atoms with E-state index in [0.29, 0.717) is 17.6 Å². The van der Waals surface area contributed by atoms with Gasteiger partial charge in [0.25, 0.3) is 5.91 Å². The summed E-state index contributed by atoms with van der Waals surface area (Å²) in [5, 5.41) is 20.9. The minimum absolute atomic E-state index is 0. The van der Waals surface area contributed by atoms with Gasteiger partial charge in [-0.1, -0.05) is 18.6 Å². The van der Waals surface area contributed by atoms with Crippen LogP contribution in [0.15, 0.2) is 24.3 Å². The quantitative estimate of drug-likeness (QED) is 0.670. The van der Waals surface area contributed by atoms with E-state index in [2.05, 4.69) is 10.2 Å². The summed E-state index contributed by atoms with van der Waals surface area (Å²) in [5.74, 6) is -0.124. The van der Waals surface area contributed by atoms with Crippen molar-refractivity contribution in [1.29, 1.82) is 0 Å². The zero-order chi connectivity index (χ0) is 14.4. The van der Waals surface area contributed by atoms with Crippen LogP contribution >= 0.6 is 12.4 Å². The molecular weight excluding hydrogens is 290 g/mol. The van der Waals surface area contributed by atoms with E-state index >= 15 is 0 Å². The maximum atomic E-state index is 11.9. The molecule has 0 aliphatic carbocycles. The monoisotopic (exact) mass is 312 g/mol. The van der Waals surface area contributed by atoms with E-state index < -0.39 is 7.12 Å². The van der Waals surface area contributed by atoms with Crippen molar-refractivity contribution < 1.29 is 14.8 Å². The third kappa shape index (κ3) is 5.67. The predicted octanol–water partition coefficient (Wildman–Crippen LogP) is 0.00390. The Balaban J connectivity index is 0.00000220. The van der Waals surface area contributed by atoms with Gasteiger partial charge in [-0.3, -0.25) is 4.79 Å². The molecule has 0 bridgehead atoms. The molecule has 0 saturated carbocycles. The van der Waals surface area contributed by atoms with E-state index in [4.69, 9.17) is 10.0 Å². The van der Waals surface area contributed by atoms with Crippen LogP contribution in [0.3, 0.4) is 0 Å². The Bertz CT molecular complexity index is 436. The lowest BCUT2D eigenvalue weighted by molar-refractivity contribution is 0.0946. The second kappa shape index (κ2) is 9.05. The Hall–Kier alpha value is -1.08. The molecule has 7 heteroatoms. The first kappa shape index (κ1) is 18.0. The lowest BCUT2D eigenvalue weighted by Gasteiger charge is -2.26. The van der Waals surface area contributed by atoms with Gasteiger partial charge in [0.2, 0.25) is 0 Å². The maximum absolute atomic E-state index is 11.9. The first-order chi connectivity index (χ1) is 9.66. The van der Waals surface area contributed by atoms with Crippen LogP contribution in [0.25, 0.3) is 0 Å². The van der Waals surface area contributed by atoms with E-state index in [1.54, 1.807) is 24.3 Å². The van der Waals surface area contributed by atoms with Gasteiger partial charge in [0.15, 0.2) is 0 Å². The van der Waals surface area contributed by atoms with Crippen LogP contribution in [-0.4, -0.2) is 54.2 Å². The Labute approximate surface area is 131 Å². The molecule has 0 atom stereocenters. The van der Waals surface area contributed by atoms with Crippen molar-refractivity contribution in [2.24, 2.45) is 0 Å². The van der Waals surface area contributed by atoms with Gasteiger partial charge in [0.1, 0.15) is 0 Å². The third-order valence-corrected chi connectivity index (χ3v) is 3.63. The molecule has 1 aliphatic heterocycles. The second-order valence-corrected chi connectivity index (χ2v) is 5.15. The molecular formula is C14H22BClN2O3. The number of piperidine rings is 1. The molecule has 1 heterocycles. The summed E-state index contributed by atoms with van der Waals surface area (Å²) in [6.45, 7) is 3.78. The Kier molecular flexibility index (Phi) is 7.74. The van der Waals surface area contributed by atoms with E-state index in [0.717, 1.165) is 19.6 Å². The first-order valence-electron chi connectivity index (χ1n) is 7.13. The standard InChI is InChI=1S/C14H21BN2O3.ClH/c18-14(12-4-6-13(7-5-12)15(19)20)16-8-11-17-9-2-1-3-10-17;/h4-7,19-20H,1-3,8-11H2,(H,16,18);1H. The smallest absolute Gasteiger partial charge is 0.423 e. The van der Waals surface area contributed by atoms with Crippen molar-refractivity contribution in [2.75, 3.05) is 26.2 Å². The topological polar surface area (TPSA) is 72.8 Å². The van der Waals surface area contributed by atoms with Gasteiger partial charge in [-0.2, -0.15) is 0 Å². The van der Waals surface area contributed by atoms with Gasteiger partial charge < -0.3 is 20.3 Å². The lowest BCUT2D eigenvalue weighted by atomic mass is 9.80. The number of likely N-dealkylation sites (tertiary alicyclic amines) is 1. The molecule has 0 radical (unpaired) electrons. The molecule has 1 saturated heterocycles. The van der Waals surface area contributed by atoms with E-state index in [1.165, 1.54) is 19.3 Å². The number of hydrogen-bond acceptors (Lipinski definition) is 4. The van der Waals surface area contributed by atoms with Crippen LogP contribution < -0.4 is 10.8 Å². The fraction of sp³-hybridized carbons (Fsp3) is 0.500. The molecule has 1 aliphatic rings. The van der Waals surface area contributed by atoms with Crippen LogP contribution in [0, 0.1) is 0 Å². The molecule has 0 aromatic heterocycles. The van der Waals surface area contributed by atoms with Crippen molar-refractivity contribution in [3.63, 3.8) is 0 Å². The third-order valence-electron chi connectivity index (χ3n) is 3.63. The van der Waals surface area contributed by atoms with Gasteiger partial charge >= 0.3 is 7.12 Å². The van der Waals surface area contributed by atoms with Gasteiger partial charge in [-0.05, 0) is 43.5 Å². The van der Waals surface area contributed by atoms with Crippen LogP contribution in [0.4, 0.5) is 0 Å². The summed E-state index contributed by atoms with van der Waals surface area (Å²) in [4.78, 5) is 14.3. The summed E-state index contributed by atoms with van der Waals surface area (Å²) in [5.41, 5.74) is 0.919. The number of nitrogens with zero attached hydrogens (tertiary/aromatic N) is 1. The number of rotatable bonds is 5. The summed E-state index contributed by atoms with van der Waals surface area (Å²) < 4.78 is 0. The summed E-state index contributed by atoms with van der Waals surface area (Å²) >= 11 is 0. The lowest BCUT2D eigenvalue weighted by Crippen LogP contribution is -2.37. The molecule has 0 unspecified atom stereocenters. The normalized spacial score (nSPS) is 15.1. The highest BCUT2D eigenvalue weighted by molar-refractivity contribution is 6.58. The second-order valence-electron chi connectivity index (χ2n) is 5.15. The Morgan fingerprint density at radius 2 is 1.76 bits per heavy atom. The van der Waals surface area contributed by atoms with Crippen molar-refractivity contribution in [1.82, 2.24) is 10.2 Å². The zero-order valence-corrected chi connectivity index (χ0v) is 12.8. The number of amides is 1. The average Bonchev–Trinajstić information content (AvgIpc) is 2.48. The highest BCUT2D eigenvalue weighted by Crippen LogP contribution is 2.07. The molecule has 5 nitrogen and oxygen atoms in total. The van der Waals surface area contributed by atoms with Gasteiger partial charge in [0.05, 0.1) is 0 Å².